The Kier molecular flexibility index (Phi) is 4.47. The summed E-state index contributed by atoms with van der Waals surface area (Å²) >= 11 is 0. The van der Waals surface area contributed by atoms with E-state index in [1.165, 1.54) is 6.07 Å². The van der Waals surface area contributed by atoms with Gasteiger partial charge in [0.2, 0.25) is 0 Å². The first-order valence-electron chi connectivity index (χ1n) is 7.37. The summed E-state index contributed by atoms with van der Waals surface area (Å²) in [4.78, 5) is 0. The molecule has 0 aromatic heterocycles. The van der Waals surface area contributed by atoms with E-state index in [0.717, 1.165) is 17.5 Å². The average Bonchev–Trinajstić information content (AvgIpc) is 2.68. The van der Waals surface area contributed by atoms with Gasteiger partial charge in [0.25, 0.3) is 0 Å². The molecule has 0 aliphatic carbocycles. The second-order valence-corrected chi connectivity index (χ2v) is 5.99. The second kappa shape index (κ2) is 5.98. The van der Waals surface area contributed by atoms with Crippen molar-refractivity contribution in [1.82, 2.24) is 0 Å². The molecule has 0 spiro atoms. The molecule has 1 aromatic rings. The molecule has 2 N–H and O–H groups in total. The molecule has 1 aromatic carbocycles. The Morgan fingerprint density at radius 1 is 1.38 bits per heavy atom. The summed E-state index contributed by atoms with van der Waals surface area (Å²) in [6, 6.07) is 1.34. The maximum atomic E-state index is 10.1. The minimum absolute atomic E-state index is 0.0265. The number of benzene rings is 1. The van der Waals surface area contributed by atoms with Gasteiger partial charge < -0.3 is 19.7 Å². The molecule has 1 heterocycles. The highest BCUT2D eigenvalue weighted by Gasteiger charge is 2.45. The molecule has 21 heavy (non-hydrogen) atoms. The first kappa shape index (κ1) is 15.7. The van der Waals surface area contributed by atoms with Gasteiger partial charge in [-0.3, -0.25) is 0 Å². The summed E-state index contributed by atoms with van der Waals surface area (Å²) in [6.45, 7) is 11.0. The molecule has 116 valence electrons. The van der Waals surface area contributed by atoms with Crippen molar-refractivity contribution in [2.24, 2.45) is 0 Å². The normalized spacial score (nSPS) is 19.1. The molecule has 1 aliphatic rings. The zero-order valence-electron chi connectivity index (χ0n) is 13.0. The van der Waals surface area contributed by atoms with Gasteiger partial charge in [-0.25, -0.2) is 0 Å². The van der Waals surface area contributed by atoms with Gasteiger partial charge in [0.15, 0.2) is 11.5 Å². The minimum atomic E-state index is -0.350. The van der Waals surface area contributed by atoms with E-state index in [-0.39, 0.29) is 23.0 Å². The van der Waals surface area contributed by atoms with Gasteiger partial charge in [-0.1, -0.05) is 26.8 Å². The monoisotopic (exact) mass is 292 g/mol. The van der Waals surface area contributed by atoms with Crippen molar-refractivity contribution in [3.05, 3.63) is 29.8 Å². The summed E-state index contributed by atoms with van der Waals surface area (Å²) in [5.41, 5.74) is 1.27. The van der Waals surface area contributed by atoms with Crippen LogP contribution in [0, 0.1) is 0 Å². The third kappa shape index (κ3) is 2.72. The number of hydrogen-bond donors (Lipinski definition) is 2. The SMILES string of the molecule is C=CCc1c(O)cc(O)c2c1C(C)(C)C(COCCC)O2. The Morgan fingerprint density at radius 3 is 2.71 bits per heavy atom. The van der Waals surface area contributed by atoms with Crippen molar-refractivity contribution in [3.8, 4) is 17.2 Å². The molecular weight excluding hydrogens is 268 g/mol. The van der Waals surface area contributed by atoms with Crippen LogP contribution in [-0.4, -0.2) is 29.5 Å². The van der Waals surface area contributed by atoms with E-state index in [9.17, 15) is 10.2 Å². The topological polar surface area (TPSA) is 58.9 Å². The summed E-state index contributed by atoms with van der Waals surface area (Å²) < 4.78 is 11.5. The Hall–Kier alpha value is -1.68. The van der Waals surface area contributed by atoms with E-state index < -0.39 is 0 Å². The standard InChI is InChI=1S/C17H24O4/c1-5-7-11-12(18)9-13(19)16-15(11)17(3,4)14(21-16)10-20-8-6-2/h5,9,14,18-19H,1,6-8,10H2,2-4H3. The lowest BCUT2D eigenvalue weighted by atomic mass is 9.78. The number of fused-ring (bicyclic) bond motifs is 1. The largest absolute Gasteiger partial charge is 0.508 e. The van der Waals surface area contributed by atoms with Crippen molar-refractivity contribution < 1.29 is 19.7 Å². The van der Waals surface area contributed by atoms with Crippen LogP contribution in [0.2, 0.25) is 0 Å². The van der Waals surface area contributed by atoms with Crippen molar-refractivity contribution in [2.45, 2.75) is 45.1 Å². The fourth-order valence-electron chi connectivity index (χ4n) is 2.85. The lowest BCUT2D eigenvalue weighted by molar-refractivity contribution is 0.0323. The van der Waals surface area contributed by atoms with Crippen LogP contribution in [0.5, 0.6) is 17.2 Å². The van der Waals surface area contributed by atoms with E-state index in [0.29, 0.717) is 25.4 Å². The van der Waals surface area contributed by atoms with E-state index in [1.807, 2.05) is 13.8 Å². The Morgan fingerprint density at radius 2 is 2.10 bits per heavy atom. The zero-order valence-corrected chi connectivity index (χ0v) is 13.0. The number of allylic oxidation sites excluding steroid dienone is 1. The molecule has 4 nitrogen and oxygen atoms in total. The number of rotatable bonds is 6. The second-order valence-electron chi connectivity index (χ2n) is 5.99. The molecule has 2 rings (SSSR count). The van der Waals surface area contributed by atoms with E-state index >= 15 is 0 Å². The van der Waals surface area contributed by atoms with Gasteiger partial charge in [-0.05, 0) is 12.8 Å². The maximum absolute atomic E-state index is 10.1. The lowest BCUT2D eigenvalue weighted by Gasteiger charge is -2.27. The fraction of sp³-hybridized carbons (Fsp3) is 0.529. The molecule has 1 unspecified atom stereocenters. The fourth-order valence-corrected chi connectivity index (χ4v) is 2.85. The molecule has 0 saturated heterocycles. The van der Waals surface area contributed by atoms with Crippen molar-refractivity contribution in [1.29, 1.82) is 0 Å². The van der Waals surface area contributed by atoms with Gasteiger partial charge in [0.1, 0.15) is 11.9 Å². The third-order valence-corrected chi connectivity index (χ3v) is 4.02. The van der Waals surface area contributed by atoms with Crippen LogP contribution in [0.4, 0.5) is 0 Å². The highest BCUT2D eigenvalue weighted by molar-refractivity contribution is 5.62. The van der Waals surface area contributed by atoms with Gasteiger partial charge >= 0.3 is 0 Å². The molecule has 0 fully saturated rings. The van der Waals surface area contributed by atoms with Crippen molar-refractivity contribution in [2.75, 3.05) is 13.2 Å². The highest BCUT2D eigenvalue weighted by Crippen LogP contribution is 2.51. The Bertz CT molecular complexity index is 534. The summed E-state index contributed by atoms with van der Waals surface area (Å²) in [5.74, 6) is 0.513. The average molecular weight is 292 g/mol. The zero-order chi connectivity index (χ0) is 15.6. The molecule has 0 bridgehead atoms. The highest BCUT2D eigenvalue weighted by atomic mass is 16.5. The number of phenolic OH excluding ortho intramolecular Hbond substituents is 2. The maximum Gasteiger partial charge on any atom is 0.165 e. The van der Waals surface area contributed by atoms with E-state index in [1.54, 1.807) is 6.08 Å². The number of hydrogen-bond acceptors (Lipinski definition) is 4. The predicted octanol–water partition coefficient (Wildman–Crippen LogP) is 3.29. The number of ether oxygens (including phenoxy) is 2. The van der Waals surface area contributed by atoms with Crippen LogP contribution in [0.3, 0.4) is 0 Å². The number of phenols is 2. The molecule has 0 amide bonds. The van der Waals surface area contributed by atoms with Gasteiger partial charge in [0.05, 0.1) is 6.61 Å². The van der Waals surface area contributed by atoms with Gasteiger partial charge in [0, 0.05) is 29.2 Å². The summed E-state index contributed by atoms with van der Waals surface area (Å²) in [6.07, 6.45) is 3.04. The lowest BCUT2D eigenvalue weighted by Crippen LogP contribution is -2.36. The molecule has 0 saturated carbocycles. The first-order chi connectivity index (χ1) is 9.93. The van der Waals surface area contributed by atoms with E-state index in [2.05, 4.69) is 13.5 Å². The summed E-state index contributed by atoms with van der Waals surface area (Å²) in [7, 11) is 0. The van der Waals surface area contributed by atoms with Crippen LogP contribution in [0.15, 0.2) is 18.7 Å². The molecule has 1 aliphatic heterocycles. The van der Waals surface area contributed by atoms with Gasteiger partial charge in [-0.15, -0.1) is 6.58 Å². The quantitative estimate of drug-likeness (QED) is 0.624. The van der Waals surface area contributed by atoms with Crippen LogP contribution in [-0.2, 0) is 16.6 Å². The van der Waals surface area contributed by atoms with Crippen LogP contribution < -0.4 is 4.74 Å². The smallest absolute Gasteiger partial charge is 0.165 e. The van der Waals surface area contributed by atoms with Crippen molar-refractivity contribution in [3.63, 3.8) is 0 Å². The molecule has 0 radical (unpaired) electrons. The molecule has 1 atom stereocenters. The van der Waals surface area contributed by atoms with Crippen LogP contribution in [0.1, 0.15) is 38.3 Å². The number of aromatic hydroxyl groups is 2. The van der Waals surface area contributed by atoms with E-state index in [4.69, 9.17) is 9.47 Å². The van der Waals surface area contributed by atoms with Crippen molar-refractivity contribution >= 4 is 0 Å². The predicted molar refractivity (Wildman–Crippen MR) is 82.2 cm³/mol. The molecular formula is C17H24O4. The van der Waals surface area contributed by atoms with Crippen LogP contribution >= 0.6 is 0 Å². The minimum Gasteiger partial charge on any atom is -0.508 e. The van der Waals surface area contributed by atoms with Gasteiger partial charge in [-0.2, -0.15) is 0 Å². The Balaban J connectivity index is 2.41. The first-order valence-corrected chi connectivity index (χ1v) is 7.37. The third-order valence-electron chi connectivity index (χ3n) is 4.02. The summed E-state index contributed by atoms with van der Waals surface area (Å²) in [5, 5.41) is 20.2. The molecule has 4 heteroatoms. The van der Waals surface area contributed by atoms with Crippen LogP contribution in [0.25, 0.3) is 0 Å². The Labute approximate surface area is 126 Å².